The van der Waals surface area contributed by atoms with E-state index >= 15 is 0 Å². The van der Waals surface area contributed by atoms with Crippen molar-refractivity contribution in [2.24, 2.45) is 0 Å². The summed E-state index contributed by atoms with van der Waals surface area (Å²) in [4.78, 5) is 34.2. The molecule has 0 unspecified atom stereocenters. The number of benzene rings is 1. The molecule has 0 N–H and O–H groups in total. The van der Waals surface area contributed by atoms with E-state index in [0.29, 0.717) is 17.2 Å². The third-order valence-corrected chi connectivity index (χ3v) is 5.02. The molecule has 0 spiro atoms. The van der Waals surface area contributed by atoms with Crippen LogP contribution in [0.15, 0.2) is 18.3 Å². The molecule has 1 aliphatic carbocycles. The SMILES string of the molecule is C=O.COC(=O)c1cc2nn(C3CCCCC3)cc2cc1N(C)C(=O)OC(C)(C)C. The van der Waals surface area contributed by atoms with Crippen molar-refractivity contribution in [2.45, 2.75) is 64.5 Å². The molecule has 8 nitrogen and oxygen atoms in total. The third-order valence-electron chi connectivity index (χ3n) is 5.02. The zero-order chi connectivity index (χ0) is 22.5. The van der Waals surface area contributed by atoms with E-state index in [1.165, 1.54) is 31.3 Å². The monoisotopic (exact) mass is 417 g/mol. The van der Waals surface area contributed by atoms with Crippen molar-refractivity contribution >= 4 is 35.4 Å². The molecule has 2 aromatic rings. The second kappa shape index (κ2) is 9.73. The van der Waals surface area contributed by atoms with Crippen molar-refractivity contribution in [1.82, 2.24) is 9.78 Å². The van der Waals surface area contributed by atoms with Crippen LogP contribution < -0.4 is 4.90 Å². The van der Waals surface area contributed by atoms with Crippen molar-refractivity contribution in [3.05, 3.63) is 23.9 Å². The first-order chi connectivity index (χ1) is 14.2. The Hall–Kier alpha value is -2.90. The molecule has 8 heteroatoms. The fourth-order valence-corrected chi connectivity index (χ4v) is 3.59. The fourth-order valence-electron chi connectivity index (χ4n) is 3.59. The van der Waals surface area contributed by atoms with Crippen LogP contribution in [0.2, 0.25) is 0 Å². The largest absolute Gasteiger partial charge is 0.465 e. The lowest BCUT2D eigenvalue weighted by atomic mass is 9.96. The van der Waals surface area contributed by atoms with Crippen LogP contribution in [0.3, 0.4) is 0 Å². The molecular weight excluding hydrogens is 386 g/mol. The van der Waals surface area contributed by atoms with Gasteiger partial charge in [-0.1, -0.05) is 19.3 Å². The average Bonchev–Trinajstić information content (AvgIpc) is 3.15. The smallest absolute Gasteiger partial charge is 0.414 e. The molecule has 0 saturated heterocycles. The molecule has 1 saturated carbocycles. The Labute approximate surface area is 177 Å². The molecule has 30 heavy (non-hydrogen) atoms. The van der Waals surface area contributed by atoms with E-state index in [-0.39, 0.29) is 5.56 Å². The Morgan fingerprint density at radius 3 is 2.37 bits per heavy atom. The molecule has 0 aliphatic heterocycles. The van der Waals surface area contributed by atoms with Gasteiger partial charge in [0, 0.05) is 18.6 Å². The lowest BCUT2D eigenvalue weighted by Gasteiger charge is -2.25. The van der Waals surface area contributed by atoms with Gasteiger partial charge in [0.25, 0.3) is 0 Å². The highest BCUT2D eigenvalue weighted by molar-refractivity contribution is 6.04. The first-order valence-electron chi connectivity index (χ1n) is 10.1. The van der Waals surface area contributed by atoms with Gasteiger partial charge in [0.1, 0.15) is 12.4 Å². The van der Waals surface area contributed by atoms with E-state index in [1.54, 1.807) is 40.0 Å². The molecule has 1 amide bonds. The van der Waals surface area contributed by atoms with E-state index < -0.39 is 17.7 Å². The summed E-state index contributed by atoms with van der Waals surface area (Å²) in [5, 5.41) is 5.57. The quantitative estimate of drug-likeness (QED) is 0.682. The minimum Gasteiger partial charge on any atom is -0.465 e. The van der Waals surface area contributed by atoms with Crippen LogP contribution in [0.5, 0.6) is 0 Å². The van der Waals surface area contributed by atoms with Gasteiger partial charge in [-0.3, -0.25) is 9.58 Å². The van der Waals surface area contributed by atoms with Gasteiger partial charge in [0.05, 0.1) is 29.9 Å². The fraction of sp³-hybridized carbons (Fsp3) is 0.545. The van der Waals surface area contributed by atoms with E-state index in [9.17, 15) is 9.59 Å². The zero-order valence-corrected chi connectivity index (χ0v) is 18.4. The summed E-state index contributed by atoms with van der Waals surface area (Å²) in [6.07, 6.45) is 7.39. The van der Waals surface area contributed by atoms with Crippen LogP contribution in [0.4, 0.5) is 10.5 Å². The van der Waals surface area contributed by atoms with Gasteiger partial charge < -0.3 is 14.3 Å². The van der Waals surface area contributed by atoms with Crippen molar-refractivity contribution in [2.75, 3.05) is 19.1 Å². The third kappa shape index (κ3) is 5.37. The van der Waals surface area contributed by atoms with E-state index in [1.807, 2.05) is 17.7 Å². The molecule has 0 radical (unpaired) electrons. The van der Waals surface area contributed by atoms with Crippen molar-refractivity contribution < 1.29 is 23.9 Å². The molecule has 164 valence electrons. The molecule has 3 rings (SSSR count). The molecule has 1 heterocycles. The Morgan fingerprint density at radius 2 is 1.80 bits per heavy atom. The molecular formula is C22H31N3O5. The van der Waals surface area contributed by atoms with E-state index in [4.69, 9.17) is 19.4 Å². The average molecular weight is 418 g/mol. The maximum absolute atomic E-state index is 12.5. The molecule has 0 bridgehead atoms. The van der Waals surface area contributed by atoms with Crippen LogP contribution in [-0.2, 0) is 14.3 Å². The van der Waals surface area contributed by atoms with Crippen molar-refractivity contribution in [3.63, 3.8) is 0 Å². The number of rotatable bonds is 3. The molecule has 1 aromatic heterocycles. The highest BCUT2D eigenvalue weighted by atomic mass is 16.6. The van der Waals surface area contributed by atoms with Crippen LogP contribution in [0.25, 0.3) is 10.9 Å². The number of amides is 1. The van der Waals surface area contributed by atoms with Crippen molar-refractivity contribution in [1.29, 1.82) is 0 Å². The Morgan fingerprint density at radius 1 is 1.17 bits per heavy atom. The Kier molecular flexibility index (Phi) is 7.59. The van der Waals surface area contributed by atoms with Gasteiger partial charge in [-0.05, 0) is 45.7 Å². The second-order valence-corrected chi connectivity index (χ2v) is 8.36. The van der Waals surface area contributed by atoms with Gasteiger partial charge in [-0.25, -0.2) is 9.59 Å². The summed E-state index contributed by atoms with van der Waals surface area (Å²) in [5.41, 5.74) is 0.814. The standard InChI is InChI=1S/C21H29N3O4.CH2O/c1-21(2,3)28-20(26)23(4)18-11-14-13-24(15-9-7-6-8-10-15)22-17(14)12-16(18)19(25)27-5;1-2/h11-13,15H,6-10H2,1-5H3;1H2. The van der Waals surface area contributed by atoms with Gasteiger partial charge in [-0.2, -0.15) is 5.10 Å². The predicted octanol–water partition coefficient (Wildman–Crippen LogP) is 4.51. The number of esters is 1. The highest BCUT2D eigenvalue weighted by Crippen LogP contribution is 2.32. The lowest BCUT2D eigenvalue weighted by molar-refractivity contribution is -0.0980. The zero-order valence-electron chi connectivity index (χ0n) is 18.4. The number of carbonyl (C=O) groups is 3. The first-order valence-corrected chi connectivity index (χ1v) is 10.1. The molecule has 0 atom stereocenters. The summed E-state index contributed by atoms with van der Waals surface area (Å²) in [5.74, 6) is -0.514. The summed E-state index contributed by atoms with van der Waals surface area (Å²) in [6.45, 7) is 7.41. The van der Waals surface area contributed by atoms with Gasteiger partial charge in [0.2, 0.25) is 0 Å². The minimum atomic E-state index is -0.632. The van der Waals surface area contributed by atoms with Crippen LogP contribution in [0.1, 0.15) is 69.3 Å². The lowest BCUT2D eigenvalue weighted by Crippen LogP contribution is -2.35. The van der Waals surface area contributed by atoms with Crippen LogP contribution in [-0.4, -0.2) is 48.4 Å². The highest BCUT2D eigenvalue weighted by Gasteiger charge is 2.26. The summed E-state index contributed by atoms with van der Waals surface area (Å²) in [6, 6.07) is 3.88. The Bertz CT molecular complexity index is 894. The number of aromatic nitrogens is 2. The number of methoxy groups -OCH3 is 1. The summed E-state index contributed by atoms with van der Waals surface area (Å²) < 4.78 is 12.4. The number of nitrogens with zero attached hydrogens (tertiary/aromatic N) is 3. The summed E-state index contributed by atoms with van der Waals surface area (Å²) >= 11 is 0. The normalized spacial score (nSPS) is 14.6. The molecule has 1 aromatic carbocycles. The number of anilines is 1. The van der Waals surface area contributed by atoms with Crippen LogP contribution >= 0.6 is 0 Å². The maximum atomic E-state index is 12.5. The second-order valence-electron chi connectivity index (χ2n) is 8.36. The number of hydrogen-bond acceptors (Lipinski definition) is 6. The molecule has 1 aliphatic rings. The minimum absolute atomic E-state index is 0.289. The molecule has 1 fully saturated rings. The number of ether oxygens (including phenoxy) is 2. The Balaban J connectivity index is 0.00000155. The predicted molar refractivity (Wildman–Crippen MR) is 115 cm³/mol. The van der Waals surface area contributed by atoms with Gasteiger partial charge >= 0.3 is 12.1 Å². The van der Waals surface area contributed by atoms with Gasteiger partial charge in [0.15, 0.2) is 0 Å². The topological polar surface area (TPSA) is 90.7 Å². The van der Waals surface area contributed by atoms with Gasteiger partial charge in [-0.15, -0.1) is 0 Å². The number of fused-ring (bicyclic) bond motifs is 1. The van der Waals surface area contributed by atoms with Crippen LogP contribution in [0, 0.1) is 0 Å². The van der Waals surface area contributed by atoms with E-state index in [0.717, 1.165) is 18.2 Å². The number of carbonyl (C=O) groups excluding carboxylic acids is 3. The summed E-state index contributed by atoms with van der Waals surface area (Å²) in [7, 11) is 2.91. The van der Waals surface area contributed by atoms with E-state index in [2.05, 4.69) is 0 Å². The number of hydrogen-bond donors (Lipinski definition) is 0. The first kappa shape index (κ1) is 23.4. The van der Waals surface area contributed by atoms with Crippen molar-refractivity contribution in [3.8, 4) is 0 Å². The maximum Gasteiger partial charge on any atom is 0.414 e.